The van der Waals surface area contributed by atoms with Crippen LogP contribution in [0.1, 0.15) is 24.2 Å². The zero-order valence-corrected chi connectivity index (χ0v) is 8.09. The molecule has 0 atom stereocenters. The topological polar surface area (TPSA) is 38.9 Å². The Morgan fingerprint density at radius 3 is 2.77 bits per heavy atom. The molecule has 0 aliphatic heterocycles. The van der Waals surface area contributed by atoms with Gasteiger partial charge < -0.3 is 4.42 Å². The zero-order chi connectivity index (χ0) is 9.42. The van der Waals surface area contributed by atoms with Crippen LogP contribution in [0.3, 0.4) is 0 Å². The van der Waals surface area contributed by atoms with E-state index in [1.54, 1.807) is 0 Å². The van der Waals surface area contributed by atoms with Crippen LogP contribution < -0.4 is 0 Å². The van der Waals surface area contributed by atoms with Crippen LogP contribution in [0.5, 0.6) is 0 Å². The fourth-order valence-electron chi connectivity index (χ4n) is 1.44. The lowest BCUT2D eigenvalue weighted by atomic mass is 10.3. The third kappa shape index (κ3) is 1.30. The first-order valence-corrected chi connectivity index (χ1v) is 4.44. The van der Waals surface area contributed by atoms with Gasteiger partial charge in [-0.05, 0) is 13.8 Å². The van der Waals surface area contributed by atoms with E-state index in [0.717, 1.165) is 34.8 Å². The Bertz CT molecular complexity index is 445. The molecule has 2 heterocycles. The molecule has 0 bridgehead atoms. The lowest BCUT2D eigenvalue weighted by molar-refractivity contribution is 0.553. The third-order valence-electron chi connectivity index (χ3n) is 2.05. The van der Waals surface area contributed by atoms with E-state index in [9.17, 15) is 0 Å². The normalized spacial score (nSPS) is 11.0. The SMILES string of the molecule is CCc1cc2nc(C)nc(C)c2o1. The van der Waals surface area contributed by atoms with Crippen LogP contribution in [0.2, 0.25) is 0 Å². The van der Waals surface area contributed by atoms with E-state index in [0.29, 0.717) is 0 Å². The van der Waals surface area contributed by atoms with Crippen molar-refractivity contribution in [2.45, 2.75) is 27.2 Å². The van der Waals surface area contributed by atoms with Crippen molar-refractivity contribution in [1.29, 1.82) is 0 Å². The maximum absolute atomic E-state index is 5.58. The van der Waals surface area contributed by atoms with Gasteiger partial charge in [0.2, 0.25) is 0 Å². The van der Waals surface area contributed by atoms with E-state index in [1.807, 2.05) is 19.9 Å². The van der Waals surface area contributed by atoms with Gasteiger partial charge >= 0.3 is 0 Å². The highest BCUT2D eigenvalue weighted by molar-refractivity contribution is 5.75. The Morgan fingerprint density at radius 1 is 1.31 bits per heavy atom. The van der Waals surface area contributed by atoms with Crippen LogP contribution in [-0.2, 0) is 6.42 Å². The Labute approximate surface area is 76.8 Å². The van der Waals surface area contributed by atoms with Crippen LogP contribution in [-0.4, -0.2) is 9.97 Å². The standard InChI is InChI=1S/C10H12N2O/c1-4-8-5-9-10(13-8)6(2)11-7(3)12-9/h5H,4H2,1-3H3. The fourth-order valence-corrected chi connectivity index (χ4v) is 1.44. The van der Waals surface area contributed by atoms with Crippen molar-refractivity contribution < 1.29 is 4.42 Å². The number of aromatic nitrogens is 2. The van der Waals surface area contributed by atoms with E-state index in [4.69, 9.17) is 4.42 Å². The molecule has 3 heteroatoms. The molecule has 2 aromatic rings. The number of furan rings is 1. The summed E-state index contributed by atoms with van der Waals surface area (Å²) in [5.74, 6) is 1.77. The van der Waals surface area contributed by atoms with E-state index in [2.05, 4.69) is 16.9 Å². The Morgan fingerprint density at radius 2 is 2.08 bits per heavy atom. The van der Waals surface area contributed by atoms with Crippen molar-refractivity contribution in [3.63, 3.8) is 0 Å². The molecule has 0 aromatic carbocycles. The van der Waals surface area contributed by atoms with Crippen LogP contribution in [0.4, 0.5) is 0 Å². The first-order chi connectivity index (χ1) is 6.20. The summed E-state index contributed by atoms with van der Waals surface area (Å²) in [5, 5.41) is 0. The van der Waals surface area contributed by atoms with Crippen molar-refractivity contribution >= 4 is 11.1 Å². The molecule has 0 saturated carbocycles. The molecule has 0 radical (unpaired) electrons. The van der Waals surface area contributed by atoms with E-state index >= 15 is 0 Å². The second-order valence-electron chi connectivity index (χ2n) is 3.14. The smallest absolute Gasteiger partial charge is 0.173 e. The zero-order valence-electron chi connectivity index (χ0n) is 8.09. The van der Waals surface area contributed by atoms with Gasteiger partial charge in [-0.25, -0.2) is 9.97 Å². The second-order valence-corrected chi connectivity index (χ2v) is 3.14. The number of hydrogen-bond acceptors (Lipinski definition) is 3. The van der Waals surface area contributed by atoms with Crippen molar-refractivity contribution in [2.75, 3.05) is 0 Å². The quantitative estimate of drug-likeness (QED) is 0.669. The minimum atomic E-state index is 0.799. The monoisotopic (exact) mass is 176 g/mol. The number of fused-ring (bicyclic) bond motifs is 1. The highest BCUT2D eigenvalue weighted by Crippen LogP contribution is 2.19. The molecule has 68 valence electrons. The van der Waals surface area contributed by atoms with Crippen molar-refractivity contribution in [1.82, 2.24) is 9.97 Å². The summed E-state index contributed by atoms with van der Waals surface area (Å²) in [4.78, 5) is 8.54. The van der Waals surface area contributed by atoms with Crippen LogP contribution in [0.25, 0.3) is 11.1 Å². The Hall–Kier alpha value is -1.38. The van der Waals surface area contributed by atoms with Crippen molar-refractivity contribution in [3.05, 3.63) is 23.3 Å². The largest absolute Gasteiger partial charge is 0.457 e. The second kappa shape index (κ2) is 2.83. The van der Waals surface area contributed by atoms with E-state index < -0.39 is 0 Å². The fraction of sp³-hybridized carbons (Fsp3) is 0.400. The number of rotatable bonds is 1. The predicted molar refractivity (Wildman–Crippen MR) is 50.7 cm³/mol. The van der Waals surface area contributed by atoms with Gasteiger partial charge in [-0.15, -0.1) is 0 Å². The van der Waals surface area contributed by atoms with Gasteiger partial charge in [-0.3, -0.25) is 0 Å². The molecule has 2 aromatic heterocycles. The molecule has 0 saturated heterocycles. The van der Waals surface area contributed by atoms with Gasteiger partial charge in [-0.2, -0.15) is 0 Å². The molecule has 0 aliphatic rings. The predicted octanol–water partition coefficient (Wildman–Crippen LogP) is 2.40. The molecule has 2 rings (SSSR count). The first-order valence-electron chi connectivity index (χ1n) is 4.44. The molecule has 0 aliphatic carbocycles. The summed E-state index contributed by atoms with van der Waals surface area (Å²) in [5.41, 5.74) is 2.66. The van der Waals surface area contributed by atoms with Gasteiger partial charge in [0, 0.05) is 12.5 Å². The van der Waals surface area contributed by atoms with Gasteiger partial charge in [0.05, 0.1) is 5.69 Å². The first kappa shape index (κ1) is 8.23. The maximum Gasteiger partial charge on any atom is 0.173 e. The summed E-state index contributed by atoms with van der Waals surface area (Å²) in [6.45, 7) is 5.90. The minimum absolute atomic E-state index is 0.799. The number of aryl methyl sites for hydroxylation is 3. The summed E-state index contributed by atoms with van der Waals surface area (Å²) >= 11 is 0. The highest BCUT2D eigenvalue weighted by Gasteiger charge is 2.07. The molecular weight excluding hydrogens is 164 g/mol. The van der Waals surface area contributed by atoms with Crippen LogP contribution in [0, 0.1) is 13.8 Å². The highest BCUT2D eigenvalue weighted by atomic mass is 16.3. The molecule has 0 amide bonds. The summed E-state index contributed by atoms with van der Waals surface area (Å²) < 4.78 is 5.58. The van der Waals surface area contributed by atoms with Crippen LogP contribution >= 0.6 is 0 Å². The average Bonchev–Trinajstić information content (AvgIpc) is 2.47. The lowest BCUT2D eigenvalue weighted by Gasteiger charge is -1.94. The van der Waals surface area contributed by atoms with Gasteiger partial charge in [0.15, 0.2) is 5.58 Å². The number of nitrogens with zero attached hydrogens (tertiary/aromatic N) is 2. The van der Waals surface area contributed by atoms with Gasteiger partial charge in [0.25, 0.3) is 0 Å². The molecule has 0 N–H and O–H groups in total. The molecule has 0 spiro atoms. The Kier molecular flexibility index (Phi) is 1.79. The van der Waals surface area contributed by atoms with Crippen molar-refractivity contribution in [2.24, 2.45) is 0 Å². The molecule has 3 nitrogen and oxygen atoms in total. The van der Waals surface area contributed by atoms with Crippen LogP contribution in [0.15, 0.2) is 10.5 Å². The molecule has 0 unspecified atom stereocenters. The summed E-state index contributed by atoms with van der Waals surface area (Å²) in [7, 11) is 0. The number of hydrogen-bond donors (Lipinski definition) is 0. The van der Waals surface area contributed by atoms with E-state index in [-0.39, 0.29) is 0 Å². The van der Waals surface area contributed by atoms with Gasteiger partial charge in [0.1, 0.15) is 17.1 Å². The molecule has 13 heavy (non-hydrogen) atoms. The average molecular weight is 176 g/mol. The maximum atomic E-state index is 5.58. The summed E-state index contributed by atoms with van der Waals surface area (Å²) in [6, 6.07) is 1.98. The molecule has 0 fully saturated rings. The van der Waals surface area contributed by atoms with Gasteiger partial charge in [-0.1, -0.05) is 6.92 Å². The van der Waals surface area contributed by atoms with Crippen molar-refractivity contribution in [3.8, 4) is 0 Å². The Balaban J connectivity index is 2.75. The third-order valence-corrected chi connectivity index (χ3v) is 2.05. The summed E-state index contributed by atoms with van der Waals surface area (Å²) in [6.07, 6.45) is 0.898. The molecular formula is C10H12N2O. The lowest BCUT2D eigenvalue weighted by Crippen LogP contribution is -1.89. The minimum Gasteiger partial charge on any atom is -0.457 e. The van der Waals surface area contributed by atoms with E-state index in [1.165, 1.54) is 0 Å².